The van der Waals surface area contributed by atoms with Crippen molar-refractivity contribution in [1.82, 2.24) is 19.5 Å². The van der Waals surface area contributed by atoms with Crippen LogP contribution in [0.1, 0.15) is 33.7 Å². The van der Waals surface area contributed by atoms with Gasteiger partial charge in [0.2, 0.25) is 0 Å². The molecule has 2 rings (SSSR count). The lowest BCUT2D eigenvalue weighted by Crippen LogP contribution is -2.00. The van der Waals surface area contributed by atoms with Crippen LogP contribution in [0.5, 0.6) is 0 Å². The van der Waals surface area contributed by atoms with Crippen molar-refractivity contribution in [3.05, 3.63) is 12.7 Å². The molecule has 2 aromatic rings. The number of anilines is 1. The average molecular weight is 207 g/mol. The second-order valence-corrected chi connectivity index (χ2v) is 3.18. The van der Waals surface area contributed by atoms with Crippen molar-refractivity contribution in [3.63, 3.8) is 0 Å². The fourth-order valence-electron chi connectivity index (χ4n) is 1.25. The molecule has 5 nitrogen and oxygen atoms in total. The minimum atomic E-state index is 0.333. The van der Waals surface area contributed by atoms with Crippen LogP contribution in [-0.4, -0.2) is 19.5 Å². The van der Waals surface area contributed by atoms with E-state index in [-0.39, 0.29) is 0 Å². The molecule has 0 radical (unpaired) electrons. The van der Waals surface area contributed by atoms with Gasteiger partial charge in [-0.2, -0.15) is 0 Å². The highest BCUT2D eigenvalue weighted by molar-refractivity contribution is 5.81. The Balaban J connectivity index is 0.000000531. The van der Waals surface area contributed by atoms with Crippen LogP contribution in [0.4, 0.5) is 5.82 Å². The molecule has 0 spiro atoms. The Labute approximate surface area is 89.4 Å². The summed E-state index contributed by atoms with van der Waals surface area (Å²) in [6.07, 6.45) is 3.19. The van der Waals surface area contributed by atoms with E-state index < -0.39 is 0 Å². The summed E-state index contributed by atoms with van der Waals surface area (Å²) in [5.41, 5.74) is 7.11. The minimum absolute atomic E-state index is 0.333. The van der Waals surface area contributed by atoms with E-state index >= 15 is 0 Å². The van der Waals surface area contributed by atoms with Crippen LogP contribution in [0.3, 0.4) is 0 Å². The van der Waals surface area contributed by atoms with Crippen molar-refractivity contribution < 1.29 is 0 Å². The van der Waals surface area contributed by atoms with Gasteiger partial charge < -0.3 is 10.3 Å². The summed E-state index contributed by atoms with van der Waals surface area (Å²) in [4.78, 5) is 12.2. The summed E-state index contributed by atoms with van der Waals surface area (Å²) < 4.78 is 1.97. The molecule has 0 atom stereocenters. The summed E-state index contributed by atoms with van der Waals surface area (Å²) in [5, 5.41) is 0. The van der Waals surface area contributed by atoms with Gasteiger partial charge in [0.05, 0.1) is 6.33 Å². The molecule has 0 aliphatic heterocycles. The van der Waals surface area contributed by atoms with Crippen molar-refractivity contribution in [2.24, 2.45) is 0 Å². The summed E-state index contributed by atoms with van der Waals surface area (Å²) in [5.74, 6) is 0.435. The van der Waals surface area contributed by atoms with Crippen LogP contribution < -0.4 is 5.73 Å². The molecule has 0 aliphatic carbocycles. The van der Waals surface area contributed by atoms with E-state index in [4.69, 9.17) is 5.73 Å². The van der Waals surface area contributed by atoms with E-state index in [0.717, 1.165) is 5.65 Å². The van der Waals surface area contributed by atoms with Gasteiger partial charge in [-0.3, -0.25) is 0 Å². The fraction of sp³-hybridized carbons (Fsp3) is 0.500. The molecule has 0 fully saturated rings. The molecule has 0 bridgehead atoms. The number of imidazole rings is 1. The number of rotatable bonds is 1. The molecule has 82 valence electrons. The smallest absolute Gasteiger partial charge is 0.165 e. The zero-order chi connectivity index (χ0) is 11.4. The maximum atomic E-state index is 5.64. The summed E-state index contributed by atoms with van der Waals surface area (Å²) in [6.45, 7) is 8.14. The molecule has 15 heavy (non-hydrogen) atoms. The fourth-order valence-corrected chi connectivity index (χ4v) is 1.25. The lowest BCUT2D eigenvalue weighted by Gasteiger charge is -2.05. The molecule has 0 unspecified atom stereocenters. The Morgan fingerprint density at radius 3 is 2.47 bits per heavy atom. The van der Waals surface area contributed by atoms with Gasteiger partial charge in [0.15, 0.2) is 11.5 Å². The van der Waals surface area contributed by atoms with E-state index in [2.05, 4.69) is 28.8 Å². The Morgan fingerprint density at radius 1 is 1.20 bits per heavy atom. The second-order valence-electron chi connectivity index (χ2n) is 3.18. The van der Waals surface area contributed by atoms with E-state index in [1.54, 1.807) is 6.33 Å². The zero-order valence-electron chi connectivity index (χ0n) is 9.60. The van der Waals surface area contributed by atoms with E-state index in [1.165, 1.54) is 6.33 Å². The highest BCUT2D eigenvalue weighted by Crippen LogP contribution is 2.17. The molecule has 0 saturated carbocycles. The number of nitrogen functional groups attached to an aromatic ring is 1. The van der Waals surface area contributed by atoms with Gasteiger partial charge in [-0.1, -0.05) is 13.8 Å². The largest absolute Gasteiger partial charge is 0.382 e. The minimum Gasteiger partial charge on any atom is -0.382 e. The molecule has 0 amide bonds. The van der Waals surface area contributed by atoms with Crippen LogP contribution >= 0.6 is 0 Å². The first-order chi connectivity index (χ1) is 7.20. The van der Waals surface area contributed by atoms with Gasteiger partial charge in [-0.25, -0.2) is 15.0 Å². The summed E-state index contributed by atoms with van der Waals surface area (Å²) >= 11 is 0. The van der Waals surface area contributed by atoms with Crippen molar-refractivity contribution in [2.75, 3.05) is 5.73 Å². The maximum absolute atomic E-state index is 5.64. The highest BCUT2D eigenvalue weighted by atomic mass is 15.1. The van der Waals surface area contributed by atoms with Crippen molar-refractivity contribution in [2.45, 2.75) is 33.7 Å². The number of aromatic nitrogens is 4. The van der Waals surface area contributed by atoms with Crippen LogP contribution in [-0.2, 0) is 0 Å². The Kier molecular flexibility index (Phi) is 3.60. The molecular weight excluding hydrogens is 190 g/mol. The number of hydrogen-bond acceptors (Lipinski definition) is 4. The van der Waals surface area contributed by atoms with Gasteiger partial charge in [0.25, 0.3) is 0 Å². The summed E-state index contributed by atoms with van der Waals surface area (Å²) in [7, 11) is 0. The van der Waals surface area contributed by atoms with Gasteiger partial charge in [-0.15, -0.1) is 0 Å². The van der Waals surface area contributed by atoms with E-state index in [9.17, 15) is 0 Å². The van der Waals surface area contributed by atoms with Gasteiger partial charge in [-0.05, 0) is 13.8 Å². The first kappa shape index (κ1) is 11.4. The van der Waals surface area contributed by atoms with E-state index in [1.807, 2.05) is 18.4 Å². The first-order valence-electron chi connectivity index (χ1n) is 5.13. The van der Waals surface area contributed by atoms with Crippen molar-refractivity contribution in [1.29, 1.82) is 0 Å². The zero-order valence-corrected chi connectivity index (χ0v) is 9.60. The molecule has 2 heterocycles. The quantitative estimate of drug-likeness (QED) is 0.776. The number of nitrogens with two attached hydrogens (primary N) is 1. The average Bonchev–Trinajstić information content (AvgIpc) is 2.66. The predicted molar refractivity (Wildman–Crippen MR) is 61.5 cm³/mol. The third-order valence-corrected chi connectivity index (χ3v) is 1.94. The van der Waals surface area contributed by atoms with E-state index in [0.29, 0.717) is 17.4 Å². The van der Waals surface area contributed by atoms with Crippen LogP contribution in [0.25, 0.3) is 11.2 Å². The number of fused-ring (bicyclic) bond motifs is 1. The SMILES string of the molecule is CC.CC(C)n1cnc2c(N)ncnc21. The topological polar surface area (TPSA) is 69.6 Å². The highest BCUT2D eigenvalue weighted by Gasteiger charge is 2.08. The molecule has 2 N–H and O–H groups in total. The molecule has 0 aromatic carbocycles. The third kappa shape index (κ3) is 2.06. The molecule has 5 heteroatoms. The van der Waals surface area contributed by atoms with Gasteiger partial charge >= 0.3 is 0 Å². The number of nitrogens with zero attached hydrogens (tertiary/aromatic N) is 4. The third-order valence-electron chi connectivity index (χ3n) is 1.94. The lowest BCUT2D eigenvalue weighted by molar-refractivity contribution is 0.612. The summed E-state index contributed by atoms with van der Waals surface area (Å²) in [6, 6.07) is 0.333. The van der Waals surface area contributed by atoms with Gasteiger partial charge in [0.1, 0.15) is 11.8 Å². The van der Waals surface area contributed by atoms with Crippen molar-refractivity contribution >= 4 is 17.0 Å². The number of hydrogen-bond donors (Lipinski definition) is 1. The molecule has 2 aromatic heterocycles. The van der Waals surface area contributed by atoms with Crippen LogP contribution in [0.2, 0.25) is 0 Å². The first-order valence-corrected chi connectivity index (χ1v) is 5.13. The second kappa shape index (κ2) is 4.72. The monoisotopic (exact) mass is 207 g/mol. The normalized spacial score (nSPS) is 10.2. The maximum Gasteiger partial charge on any atom is 0.165 e. The predicted octanol–water partition coefficient (Wildman–Crippen LogP) is 2.02. The Bertz CT molecular complexity index is 432. The van der Waals surface area contributed by atoms with Gasteiger partial charge in [0, 0.05) is 6.04 Å². The Hall–Kier alpha value is -1.65. The van der Waals surface area contributed by atoms with Crippen LogP contribution in [0.15, 0.2) is 12.7 Å². The standard InChI is InChI=1S/C8H11N5.C2H6/c1-5(2)13-4-12-6-7(9)10-3-11-8(6)13;1-2/h3-5H,1-2H3,(H2,9,10,11);1-2H3. The Morgan fingerprint density at radius 2 is 1.87 bits per heavy atom. The molecule has 0 aliphatic rings. The molecule has 0 saturated heterocycles. The van der Waals surface area contributed by atoms with Crippen molar-refractivity contribution in [3.8, 4) is 0 Å². The lowest BCUT2D eigenvalue weighted by atomic mass is 10.4. The van der Waals surface area contributed by atoms with Crippen LogP contribution in [0, 0.1) is 0 Å². The molecular formula is C10H17N5.